The molecule has 0 aliphatic carbocycles. The number of aromatic nitrogens is 5. The lowest BCUT2D eigenvalue weighted by molar-refractivity contribution is 1.06. The zero-order valence-corrected chi connectivity index (χ0v) is 31.8. The number of rotatable bonds is 5. The molecule has 0 atom stereocenters. The molecule has 0 amide bonds. The highest BCUT2D eigenvalue weighted by atomic mass is 32.1. The Morgan fingerprint density at radius 2 is 1.19 bits per heavy atom. The van der Waals surface area contributed by atoms with Gasteiger partial charge in [0.25, 0.3) is 0 Å². The van der Waals surface area contributed by atoms with Gasteiger partial charge in [-0.3, -0.25) is 0 Å². The van der Waals surface area contributed by atoms with Crippen molar-refractivity contribution in [2.24, 2.45) is 0 Å². The third kappa shape index (κ3) is 5.14. The maximum atomic E-state index is 10.4. The molecule has 0 spiro atoms. The van der Waals surface area contributed by atoms with Crippen molar-refractivity contribution in [3.8, 4) is 51.6 Å². The SMILES string of the molecule is [2H]c1c([2H])c([2H])c(-c2nc(-c3ccc4sc5ccccc5c4c3)nc(-c3cc(C#N)ccc3-n3c4ccccc4c4ccc5c(c6ccccc6n5-c5ccccc5)c43)n2)c([2H])c1[2H]. The molecule has 0 unspecified atom stereocenters. The second kappa shape index (κ2) is 13.1. The Bertz CT molecular complexity index is 3970. The summed E-state index contributed by atoms with van der Waals surface area (Å²) in [5.41, 5.74) is 7.00. The smallest absolute Gasteiger partial charge is 0.166 e. The van der Waals surface area contributed by atoms with Gasteiger partial charge in [-0.05, 0) is 72.8 Å². The van der Waals surface area contributed by atoms with Crippen molar-refractivity contribution in [2.45, 2.75) is 0 Å². The second-order valence-corrected chi connectivity index (χ2v) is 15.4. The van der Waals surface area contributed by atoms with E-state index in [0.29, 0.717) is 22.4 Å². The van der Waals surface area contributed by atoms with E-state index in [1.54, 1.807) is 23.5 Å². The van der Waals surface area contributed by atoms with Gasteiger partial charge in [0.1, 0.15) is 0 Å². The zero-order chi connectivity index (χ0) is 43.4. The molecule has 4 aromatic heterocycles. The number of thiophene rings is 1. The molecule has 7 heteroatoms. The van der Waals surface area contributed by atoms with E-state index in [2.05, 4.69) is 88.0 Å². The molecule has 0 N–H and O–H groups in total. The van der Waals surface area contributed by atoms with E-state index in [0.717, 1.165) is 69.5 Å². The highest BCUT2D eigenvalue weighted by molar-refractivity contribution is 7.25. The number of benzene rings is 8. The summed E-state index contributed by atoms with van der Waals surface area (Å²) in [5, 5.41) is 16.7. The van der Waals surface area contributed by atoms with Gasteiger partial charge in [-0.25, -0.2) is 15.0 Å². The van der Waals surface area contributed by atoms with Gasteiger partial charge in [-0.2, -0.15) is 5.26 Å². The van der Waals surface area contributed by atoms with E-state index < -0.39 is 30.2 Å². The lowest BCUT2D eigenvalue weighted by Crippen LogP contribution is -2.04. The van der Waals surface area contributed by atoms with Gasteiger partial charge < -0.3 is 9.13 Å². The minimum absolute atomic E-state index is 0.0869. The fourth-order valence-corrected chi connectivity index (χ4v) is 9.64. The number of para-hydroxylation sites is 3. The zero-order valence-electron chi connectivity index (χ0n) is 36.0. The van der Waals surface area contributed by atoms with Gasteiger partial charge in [0, 0.05) is 64.1 Å². The van der Waals surface area contributed by atoms with Crippen molar-refractivity contribution in [3.05, 3.63) is 187 Å². The number of nitrogens with zero attached hydrogens (tertiary/aromatic N) is 6. The van der Waals surface area contributed by atoms with E-state index in [1.165, 1.54) is 0 Å². The molecule has 0 aliphatic heterocycles. The summed E-state index contributed by atoms with van der Waals surface area (Å²) in [6.07, 6.45) is 0. The van der Waals surface area contributed by atoms with Crippen LogP contribution >= 0.6 is 11.3 Å². The van der Waals surface area contributed by atoms with Crippen LogP contribution in [-0.2, 0) is 0 Å². The van der Waals surface area contributed by atoms with Crippen LogP contribution in [0.25, 0.3) is 109 Å². The van der Waals surface area contributed by atoms with Crippen LogP contribution in [0.2, 0.25) is 0 Å². The Morgan fingerprint density at radius 3 is 2.00 bits per heavy atom. The Hall–Kier alpha value is -7.92. The Kier molecular flexibility index (Phi) is 6.31. The number of hydrogen-bond acceptors (Lipinski definition) is 5. The Labute approximate surface area is 349 Å². The van der Waals surface area contributed by atoms with Crippen LogP contribution in [-0.4, -0.2) is 24.1 Å². The third-order valence-corrected chi connectivity index (χ3v) is 12.2. The standard InChI is InChI=1S/C52H30N6S/c53-31-32-23-26-44(58-42-20-10-7-17-36(42)38-25-27-45-48(49(38)58)39-19-8-11-21-43(39)57(45)35-15-5-2-6-16-35)41(29-32)52-55-50(33-13-3-1-4-14-33)54-51(56-52)34-24-28-47-40(30-34)37-18-9-12-22-46(37)59-47/h1-30H/i1D,3D,4D,13D,14D. The molecule has 0 bridgehead atoms. The first kappa shape index (κ1) is 28.5. The van der Waals surface area contributed by atoms with Gasteiger partial charge in [0.05, 0.1) is 46.2 Å². The molecule has 0 saturated carbocycles. The van der Waals surface area contributed by atoms with E-state index in [-0.39, 0.29) is 23.0 Å². The molecule has 6 nitrogen and oxygen atoms in total. The topological polar surface area (TPSA) is 72.3 Å². The largest absolute Gasteiger partial charge is 0.309 e. The van der Waals surface area contributed by atoms with Crippen LogP contribution in [0.1, 0.15) is 12.4 Å². The number of fused-ring (bicyclic) bond motifs is 10. The van der Waals surface area contributed by atoms with Crippen LogP contribution in [0.5, 0.6) is 0 Å². The highest BCUT2D eigenvalue weighted by Crippen LogP contribution is 2.44. The summed E-state index contributed by atoms with van der Waals surface area (Å²) in [7, 11) is 0. The monoisotopic (exact) mass is 775 g/mol. The molecule has 274 valence electrons. The first-order valence-electron chi connectivity index (χ1n) is 21.6. The van der Waals surface area contributed by atoms with E-state index >= 15 is 0 Å². The van der Waals surface area contributed by atoms with Crippen LogP contribution in [0, 0.1) is 11.3 Å². The Balaban J connectivity index is 1.20. The average Bonchev–Trinajstić information content (AvgIpc) is 4.00. The van der Waals surface area contributed by atoms with Gasteiger partial charge in [0.2, 0.25) is 0 Å². The number of nitriles is 1. The molecule has 12 aromatic rings. The molecular formula is C52H30N6S. The van der Waals surface area contributed by atoms with Crippen molar-refractivity contribution >= 4 is 75.1 Å². The van der Waals surface area contributed by atoms with Crippen LogP contribution < -0.4 is 0 Å². The second-order valence-electron chi connectivity index (χ2n) is 14.4. The van der Waals surface area contributed by atoms with Gasteiger partial charge in [-0.1, -0.05) is 109 Å². The van der Waals surface area contributed by atoms with Gasteiger partial charge >= 0.3 is 0 Å². The lowest BCUT2D eigenvalue weighted by Gasteiger charge is -2.16. The number of hydrogen-bond donors (Lipinski definition) is 0. The van der Waals surface area contributed by atoms with Crippen LogP contribution in [0.15, 0.2) is 182 Å². The van der Waals surface area contributed by atoms with Crippen molar-refractivity contribution in [1.29, 1.82) is 5.26 Å². The van der Waals surface area contributed by atoms with Gasteiger partial charge in [0.15, 0.2) is 17.5 Å². The predicted octanol–water partition coefficient (Wildman–Crippen LogP) is 13.3. The molecular weight excluding hydrogens is 741 g/mol. The maximum absolute atomic E-state index is 10.4. The summed E-state index contributed by atoms with van der Waals surface area (Å²) in [6, 6.07) is 50.8. The minimum Gasteiger partial charge on any atom is -0.309 e. The molecule has 12 rings (SSSR count). The molecule has 0 aliphatic rings. The summed E-state index contributed by atoms with van der Waals surface area (Å²) in [5.74, 6) is 0.322. The first-order chi connectivity index (χ1) is 31.3. The van der Waals surface area contributed by atoms with Crippen molar-refractivity contribution in [1.82, 2.24) is 24.1 Å². The average molecular weight is 776 g/mol. The molecule has 0 fully saturated rings. The van der Waals surface area contributed by atoms with Crippen molar-refractivity contribution in [2.75, 3.05) is 0 Å². The quantitative estimate of drug-likeness (QED) is 0.174. The highest BCUT2D eigenvalue weighted by Gasteiger charge is 2.24. The third-order valence-electron chi connectivity index (χ3n) is 11.1. The molecule has 4 heterocycles. The normalized spacial score (nSPS) is 12.9. The molecule has 8 aromatic carbocycles. The van der Waals surface area contributed by atoms with Crippen molar-refractivity contribution < 1.29 is 6.85 Å². The molecule has 0 radical (unpaired) electrons. The minimum atomic E-state index is -0.515. The van der Waals surface area contributed by atoms with Gasteiger partial charge in [-0.15, -0.1) is 11.3 Å². The fourth-order valence-electron chi connectivity index (χ4n) is 8.56. The van der Waals surface area contributed by atoms with Crippen LogP contribution in [0.4, 0.5) is 0 Å². The molecule has 0 saturated heterocycles. The van der Waals surface area contributed by atoms with Crippen LogP contribution in [0.3, 0.4) is 0 Å². The maximum Gasteiger partial charge on any atom is 0.166 e. The summed E-state index contributed by atoms with van der Waals surface area (Å²) < 4.78 is 50.2. The fraction of sp³-hybridized carbons (Fsp3) is 0. The summed E-state index contributed by atoms with van der Waals surface area (Å²) >= 11 is 1.68. The van der Waals surface area contributed by atoms with E-state index in [1.807, 2.05) is 66.7 Å². The van der Waals surface area contributed by atoms with E-state index in [4.69, 9.17) is 21.8 Å². The lowest BCUT2D eigenvalue weighted by atomic mass is 10.1. The summed E-state index contributed by atoms with van der Waals surface area (Å²) in [4.78, 5) is 15.0. The summed E-state index contributed by atoms with van der Waals surface area (Å²) in [6.45, 7) is 0. The molecule has 59 heavy (non-hydrogen) atoms. The Morgan fingerprint density at radius 1 is 0.508 bits per heavy atom. The van der Waals surface area contributed by atoms with E-state index in [9.17, 15) is 5.26 Å². The van der Waals surface area contributed by atoms with Crippen molar-refractivity contribution in [3.63, 3.8) is 0 Å². The predicted molar refractivity (Wildman–Crippen MR) is 242 cm³/mol. The first-order valence-corrected chi connectivity index (χ1v) is 19.9.